The summed E-state index contributed by atoms with van der Waals surface area (Å²) in [5.41, 5.74) is 1.18. The number of carbonyl (C=O) groups is 2. The third kappa shape index (κ3) is 6.16. The maximum atomic E-state index is 11.4. The number of benzene rings is 1. The monoisotopic (exact) mass is 465 g/mol. The van der Waals surface area contributed by atoms with Gasteiger partial charge in [-0.15, -0.1) is 24.0 Å². The summed E-state index contributed by atoms with van der Waals surface area (Å²) in [6, 6.07) is 7.35. The lowest BCUT2D eigenvalue weighted by Gasteiger charge is -2.15. The molecule has 0 aliphatic carbocycles. The van der Waals surface area contributed by atoms with Crippen LogP contribution in [0.1, 0.15) is 5.56 Å². The van der Waals surface area contributed by atoms with E-state index in [4.69, 9.17) is 11.6 Å². The van der Waals surface area contributed by atoms with Crippen LogP contribution in [0.2, 0.25) is 5.02 Å². The van der Waals surface area contributed by atoms with Gasteiger partial charge in [-0.05, 0) is 24.1 Å². The molecule has 1 aliphatic heterocycles. The minimum atomic E-state index is -0.345. The predicted molar refractivity (Wildman–Crippen MR) is 105 cm³/mol. The van der Waals surface area contributed by atoms with Crippen molar-refractivity contribution in [2.75, 3.05) is 33.2 Å². The zero-order valence-electron chi connectivity index (χ0n) is 13.3. The van der Waals surface area contributed by atoms with E-state index >= 15 is 0 Å². The van der Waals surface area contributed by atoms with Gasteiger partial charge in [0, 0.05) is 31.7 Å². The molecule has 3 amide bonds. The fourth-order valence-corrected chi connectivity index (χ4v) is 2.29. The first-order valence-electron chi connectivity index (χ1n) is 7.37. The van der Waals surface area contributed by atoms with Crippen LogP contribution in [0.3, 0.4) is 0 Å². The highest BCUT2D eigenvalue weighted by Crippen LogP contribution is 2.09. The molecule has 1 saturated heterocycles. The van der Waals surface area contributed by atoms with Crippen molar-refractivity contribution in [2.45, 2.75) is 6.42 Å². The first-order chi connectivity index (χ1) is 11.1. The second-order valence-corrected chi connectivity index (χ2v) is 5.44. The minimum Gasteiger partial charge on any atom is -0.356 e. The molecule has 1 aromatic carbocycles. The number of hydrogen-bond donors (Lipinski definition) is 3. The lowest BCUT2D eigenvalue weighted by Crippen LogP contribution is -2.43. The Morgan fingerprint density at radius 1 is 1.25 bits per heavy atom. The molecule has 0 saturated carbocycles. The standard InChI is InChI=1S/C15H20ClN5O2.HI/c1-17-14(18-7-6-11-2-4-12(16)5-3-11)19-8-9-21-13(22)10-20-15(21)23;/h2-5H,6-10H2,1H3,(H,20,23)(H2,17,18,19);1H. The molecule has 1 heterocycles. The van der Waals surface area contributed by atoms with Gasteiger partial charge in [-0.2, -0.15) is 0 Å². The number of urea groups is 1. The molecule has 1 aromatic rings. The zero-order valence-corrected chi connectivity index (χ0v) is 16.4. The second-order valence-electron chi connectivity index (χ2n) is 5.01. The van der Waals surface area contributed by atoms with Gasteiger partial charge >= 0.3 is 6.03 Å². The summed E-state index contributed by atoms with van der Waals surface area (Å²) < 4.78 is 0. The van der Waals surface area contributed by atoms with Crippen molar-refractivity contribution in [3.8, 4) is 0 Å². The maximum Gasteiger partial charge on any atom is 0.324 e. The summed E-state index contributed by atoms with van der Waals surface area (Å²) >= 11 is 5.85. The zero-order chi connectivity index (χ0) is 16.7. The molecule has 0 spiro atoms. The maximum absolute atomic E-state index is 11.4. The van der Waals surface area contributed by atoms with Crippen LogP contribution in [0.5, 0.6) is 0 Å². The Morgan fingerprint density at radius 2 is 1.92 bits per heavy atom. The molecular weight excluding hydrogens is 445 g/mol. The van der Waals surface area contributed by atoms with Gasteiger partial charge in [-0.3, -0.25) is 14.7 Å². The number of nitrogens with one attached hydrogen (secondary N) is 3. The van der Waals surface area contributed by atoms with Gasteiger partial charge in [0.25, 0.3) is 0 Å². The van der Waals surface area contributed by atoms with Gasteiger partial charge < -0.3 is 16.0 Å². The van der Waals surface area contributed by atoms with Crippen LogP contribution >= 0.6 is 35.6 Å². The van der Waals surface area contributed by atoms with Crippen LogP contribution in [0.15, 0.2) is 29.3 Å². The van der Waals surface area contributed by atoms with E-state index < -0.39 is 0 Å². The molecule has 1 aliphatic rings. The predicted octanol–water partition coefficient (Wildman–Crippen LogP) is 1.22. The largest absolute Gasteiger partial charge is 0.356 e. The normalized spacial score (nSPS) is 14.2. The second kappa shape index (κ2) is 10.3. The molecule has 1 fully saturated rings. The number of nitrogens with zero attached hydrogens (tertiary/aromatic N) is 2. The lowest BCUT2D eigenvalue weighted by molar-refractivity contribution is -0.124. The molecule has 0 unspecified atom stereocenters. The number of halogens is 2. The number of amides is 3. The van der Waals surface area contributed by atoms with Crippen molar-refractivity contribution >= 4 is 53.5 Å². The first kappa shape index (κ1) is 20.5. The molecular formula is C15H21ClIN5O2. The Balaban J connectivity index is 0.00000288. The third-order valence-electron chi connectivity index (χ3n) is 3.41. The average Bonchev–Trinajstić information content (AvgIpc) is 2.87. The summed E-state index contributed by atoms with van der Waals surface area (Å²) in [4.78, 5) is 28.1. The number of guanidine groups is 1. The van der Waals surface area contributed by atoms with Crippen molar-refractivity contribution in [1.82, 2.24) is 20.9 Å². The van der Waals surface area contributed by atoms with Crippen molar-refractivity contribution in [3.63, 3.8) is 0 Å². The van der Waals surface area contributed by atoms with Crippen LogP contribution in [0.25, 0.3) is 0 Å². The van der Waals surface area contributed by atoms with E-state index in [9.17, 15) is 9.59 Å². The molecule has 3 N–H and O–H groups in total. The fourth-order valence-electron chi connectivity index (χ4n) is 2.16. The number of aliphatic imine (C=N–C) groups is 1. The van der Waals surface area contributed by atoms with Crippen molar-refractivity contribution < 1.29 is 9.59 Å². The van der Waals surface area contributed by atoms with Crippen molar-refractivity contribution in [2.24, 2.45) is 4.99 Å². The summed E-state index contributed by atoms with van der Waals surface area (Å²) in [5.74, 6) is 0.425. The van der Waals surface area contributed by atoms with Gasteiger partial charge in [0.2, 0.25) is 5.91 Å². The highest BCUT2D eigenvalue weighted by Gasteiger charge is 2.27. The fraction of sp³-hybridized carbons (Fsp3) is 0.400. The Kier molecular flexibility index (Phi) is 8.83. The number of carbonyl (C=O) groups excluding carboxylic acids is 2. The van der Waals surface area contributed by atoms with Gasteiger partial charge in [0.1, 0.15) is 0 Å². The van der Waals surface area contributed by atoms with Crippen LogP contribution in [0, 0.1) is 0 Å². The van der Waals surface area contributed by atoms with Crippen LogP contribution in [-0.2, 0) is 11.2 Å². The van der Waals surface area contributed by atoms with Gasteiger partial charge in [-0.25, -0.2) is 4.79 Å². The van der Waals surface area contributed by atoms with Crippen LogP contribution < -0.4 is 16.0 Å². The number of imide groups is 1. The van der Waals surface area contributed by atoms with E-state index in [0.717, 1.165) is 11.4 Å². The van der Waals surface area contributed by atoms with E-state index in [0.29, 0.717) is 25.6 Å². The molecule has 0 atom stereocenters. The van der Waals surface area contributed by atoms with E-state index in [1.165, 1.54) is 10.5 Å². The lowest BCUT2D eigenvalue weighted by atomic mass is 10.1. The van der Waals surface area contributed by atoms with Gasteiger partial charge in [0.15, 0.2) is 5.96 Å². The third-order valence-corrected chi connectivity index (χ3v) is 3.66. The molecule has 7 nitrogen and oxygen atoms in total. The van der Waals surface area contributed by atoms with E-state index in [2.05, 4.69) is 20.9 Å². The number of hydrogen-bond acceptors (Lipinski definition) is 3. The Bertz CT molecular complexity index is 578. The first-order valence-corrected chi connectivity index (χ1v) is 7.75. The van der Waals surface area contributed by atoms with E-state index in [-0.39, 0.29) is 42.5 Å². The summed E-state index contributed by atoms with van der Waals surface area (Å²) in [7, 11) is 1.67. The highest BCUT2D eigenvalue weighted by molar-refractivity contribution is 14.0. The molecule has 0 aromatic heterocycles. The Labute approximate surface area is 163 Å². The summed E-state index contributed by atoms with van der Waals surface area (Å²) in [6.45, 7) is 1.54. The SMILES string of the molecule is CN=C(NCCc1ccc(Cl)cc1)NCCN1C(=O)CNC1=O.I. The van der Waals surface area contributed by atoms with Gasteiger partial charge in [-0.1, -0.05) is 23.7 Å². The quantitative estimate of drug-likeness (QED) is 0.255. The van der Waals surface area contributed by atoms with Crippen molar-refractivity contribution in [1.29, 1.82) is 0 Å². The minimum absolute atomic E-state index is 0. The Hall–Kier alpha value is -1.55. The van der Waals surface area contributed by atoms with E-state index in [1.807, 2.05) is 24.3 Å². The van der Waals surface area contributed by atoms with Gasteiger partial charge in [0.05, 0.1) is 6.54 Å². The van der Waals surface area contributed by atoms with Crippen LogP contribution in [-0.4, -0.2) is 56.0 Å². The molecule has 2 rings (SSSR count). The summed E-state index contributed by atoms with van der Waals surface area (Å²) in [5, 5.41) is 9.46. The molecule has 132 valence electrons. The van der Waals surface area contributed by atoms with E-state index in [1.54, 1.807) is 7.05 Å². The molecule has 0 bridgehead atoms. The molecule has 9 heteroatoms. The smallest absolute Gasteiger partial charge is 0.324 e. The molecule has 0 radical (unpaired) electrons. The summed E-state index contributed by atoms with van der Waals surface area (Å²) in [6.07, 6.45) is 0.838. The molecule has 24 heavy (non-hydrogen) atoms. The average molecular weight is 466 g/mol. The van der Waals surface area contributed by atoms with Crippen molar-refractivity contribution in [3.05, 3.63) is 34.9 Å². The number of rotatable bonds is 6. The van der Waals surface area contributed by atoms with Crippen LogP contribution in [0.4, 0.5) is 4.79 Å². The highest BCUT2D eigenvalue weighted by atomic mass is 127. The topological polar surface area (TPSA) is 85.8 Å². The Morgan fingerprint density at radius 3 is 2.50 bits per heavy atom.